The monoisotopic (exact) mass is 425 g/mol. The fourth-order valence-corrected chi connectivity index (χ4v) is 5.49. The van der Waals surface area contributed by atoms with E-state index in [0.717, 1.165) is 31.7 Å². The van der Waals surface area contributed by atoms with Crippen LogP contribution in [0.2, 0.25) is 0 Å². The normalized spacial score (nSPS) is 21.5. The number of nitrogens with zero attached hydrogens (tertiary/aromatic N) is 3. The van der Waals surface area contributed by atoms with Crippen molar-refractivity contribution in [3.63, 3.8) is 0 Å². The van der Waals surface area contributed by atoms with Crippen LogP contribution in [0.3, 0.4) is 0 Å². The number of rotatable bonds is 4. The van der Waals surface area contributed by atoms with Crippen LogP contribution in [-0.4, -0.2) is 31.8 Å². The highest BCUT2D eigenvalue weighted by molar-refractivity contribution is 5.64. The lowest BCUT2D eigenvalue weighted by Gasteiger charge is -2.40. The summed E-state index contributed by atoms with van der Waals surface area (Å²) in [5, 5.41) is 9.21. The van der Waals surface area contributed by atoms with Crippen molar-refractivity contribution in [1.29, 1.82) is 5.26 Å². The van der Waals surface area contributed by atoms with Gasteiger partial charge in [0.15, 0.2) is 0 Å². The van der Waals surface area contributed by atoms with Gasteiger partial charge in [0.05, 0.1) is 24.7 Å². The zero-order chi connectivity index (χ0) is 22.2. The van der Waals surface area contributed by atoms with E-state index in [9.17, 15) is 10.1 Å². The second-order valence-corrected chi connectivity index (χ2v) is 9.47. The maximum Gasteiger partial charge on any atom is 0.258 e. The molecule has 0 spiro atoms. The molecule has 1 aromatic heterocycles. The van der Waals surface area contributed by atoms with Gasteiger partial charge in [0.25, 0.3) is 5.56 Å². The van der Waals surface area contributed by atoms with Gasteiger partial charge in [-0.1, -0.05) is 24.3 Å². The van der Waals surface area contributed by atoms with E-state index in [-0.39, 0.29) is 5.56 Å². The fourth-order valence-electron chi connectivity index (χ4n) is 5.49. The minimum atomic E-state index is 0.0787. The van der Waals surface area contributed by atoms with E-state index in [0.29, 0.717) is 23.0 Å². The third-order valence-corrected chi connectivity index (χ3v) is 7.01. The molecular formula is C27H29N4O+. The van der Waals surface area contributed by atoms with Crippen molar-refractivity contribution in [3.05, 3.63) is 87.8 Å². The number of pyridine rings is 1. The topological polar surface area (TPSA) is 53.5 Å². The minimum absolute atomic E-state index is 0.0787. The smallest absolute Gasteiger partial charge is 0.258 e. The molecule has 3 heterocycles. The first-order valence-electron chi connectivity index (χ1n) is 11.4. The summed E-state index contributed by atoms with van der Waals surface area (Å²) < 4.78 is 2.01. The highest BCUT2D eigenvalue weighted by atomic mass is 16.1. The first kappa shape index (κ1) is 20.5. The molecule has 0 radical (unpaired) electrons. The Morgan fingerprint density at radius 1 is 1.09 bits per heavy atom. The van der Waals surface area contributed by atoms with Gasteiger partial charge in [-0.3, -0.25) is 4.79 Å². The van der Waals surface area contributed by atoms with Crippen LogP contribution in [0.4, 0.5) is 5.69 Å². The van der Waals surface area contributed by atoms with Gasteiger partial charge in [-0.15, -0.1) is 0 Å². The third-order valence-electron chi connectivity index (χ3n) is 7.01. The highest BCUT2D eigenvalue weighted by Crippen LogP contribution is 2.31. The highest BCUT2D eigenvalue weighted by Gasteiger charge is 2.37. The molecule has 0 saturated carbocycles. The first-order chi connectivity index (χ1) is 15.5. The molecule has 2 aliphatic rings. The number of hydrogen-bond donors (Lipinski definition) is 1. The maximum atomic E-state index is 13.4. The van der Waals surface area contributed by atoms with E-state index in [1.54, 1.807) is 17.0 Å². The second-order valence-electron chi connectivity index (χ2n) is 9.47. The minimum Gasteiger partial charge on any atom is -0.378 e. The summed E-state index contributed by atoms with van der Waals surface area (Å²) in [5.74, 6) is 0.946. The van der Waals surface area contributed by atoms with Gasteiger partial charge in [0.1, 0.15) is 6.54 Å². The van der Waals surface area contributed by atoms with E-state index in [1.807, 2.05) is 22.8 Å². The average Bonchev–Trinajstić information content (AvgIpc) is 2.80. The van der Waals surface area contributed by atoms with Crippen LogP contribution < -0.4 is 15.4 Å². The summed E-state index contributed by atoms with van der Waals surface area (Å²) in [6.45, 7) is 3.99. The first-order valence-corrected chi connectivity index (χ1v) is 11.4. The van der Waals surface area contributed by atoms with Crippen molar-refractivity contribution in [2.75, 3.05) is 32.1 Å². The molecule has 1 saturated heterocycles. The number of aromatic nitrogens is 1. The molecule has 0 amide bonds. The number of likely N-dealkylation sites (tertiary alicyclic amines) is 1. The van der Waals surface area contributed by atoms with E-state index >= 15 is 0 Å². The molecule has 1 N–H and O–H groups in total. The van der Waals surface area contributed by atoms with Gasteiger partial charge in [0, 0.05) is 55.0 Å². The number of anilines is 1. The molecule has 3 aromatic rings. The standard InChI is InChI=1S/C27H28N4O/c1-29(2)24-8-6-19(7-9-24)15-30-16-21-13-23(18-30)26-11-10-25(27(32)31(26)17-21)22-5-3-4-20(12-22)14-28/h3-12,21,23H,13,15-18H2,1-2H3/p+1/t21-,23+/m0/s1. The Morgan fingerprint density at radius 2 is 1.91 bits per heavy atom. The zero-order valence-electron chi connectivity index (χ0n) is 18.7. The van der Waals surface area contributed by atoms with Crippen molar-refractivity contribution < 1.29 is 4.90 Å². The molecule has 2 aliphatic heterocycles. The van der Waals surface area contributed by atoms with Crippen molar-refractivity contribution in [1.82, 2.24) is 4.57 Å². The summed E-state index contributed by atoms with van der Waals surface area (Å²) in [7, 11) is 4.13. The Morgan fingerprint density at radius 3 is 2.66 bits per heavy atom. The van der Waals surface area contributed by atoms with Crippen LogP contribution >= 0.6 is 0 Å². The molecule has 5 heteroatoms. The zero-order valence-corrected chi connectivity index (χ0v) is 18.7. The summed E-state index contributed by atoms with van der Waals surface area (Å²) in [4.78, 5) is 17.1. The molecule has 1 unspecified atom stereocenters. The fraction of sp³-hybridized carbons (Fsp3) is 0.333. The Balaban J connectivity index is 1.38. The summed E-state index contributed by atoms with van der Waals surface area (Å²) >= 11 is 0. The lowest BCUT2D eigenvalue weighted by Crippen LogP contribution is -3.13. The van der Waals surface area contributed by atoms with Gasteiger partial charge in [-0.25, -0.2) is 0 Å². The van der Waals surface area contributed by atoms with Crippen LogP contribution in [0.5, 0.6) is 0 Å². The molecule has 2 bridgehead atoms. The summed E-state index contributed by atoms with van der Waals surface area (Å²) in [6.07, 6.45) is 1.17. The molecule has 3 atom stereocenters. The van der Waals surface area contributed by atoms with E-state index < -0.39 is 0 Å². The second kappa shape index (κ2) is 8.29. The van der Waals surface area contributed by atoms with Gasteiger partial charge < -0.3 is 14.4 Å². The third kappa shape index (κ3) is 3.83. The number of fused-ring (bicyclic) bond motifs is 4. The summed E-state index contributed by atoms with van der Waals surface area (Å²) in [6, 6.07) is 22.5. The van der Waals surface area contributed by atoms with Crippen LogP contribution in [0.1, 0.15) is 29.2 Å². The summed E-state index contributed by atoms with van der Waals surface area (Å²) in [5.41, 5.74) is 5.95. The van der Waals surface area contributed by atoms with Crippen molar-refractivity contribution >= 4 is 5.69 Å². The Bertz CT molecular complexity index is 1240. The Hall–Kier alpha value is -3.36. The number of nitrogens with one attached hydrogen (secondary N) is 1. The molecule has 1 fully saturated rings. The van der Waals surface area contributed by atoms with E-state index in [1.165, 1.54) is 23.4 Å². The van der Waals surface area contributed by atoms with Gasteiger partial charge in [-0.2, -0.15) is 5.26 Å². The average molecular weight is 426 g/mol. The molecule has 2 aromatic carbocycles. The van der Waals surface area contributed by atoms with Gasteiger partial charge >= 0.3 is 0 Å². The molecule has 0 aliphatic carbocycles. The van der Waals surface area contributed by atoms with Gasteiger partial charge in [0.2, 0.25) is 0 Å². The lowest BCUT2D eigenvalue weighted by molar-refractivity contribution is -0.924. The Kier molecular flexibility index (Phi) is 5.32. The van der Waals surface area contributed by atoms with Crippen molar-refractivity contribution in [2.45, 2.75) is 25.4 Å². The molecule has 32 heavy (non-hydrogen) atoms. The van der Waals surface area contributed by atoms with Crippen LogP contribution in [0, 0.1) is 17.2 Å². The molecule has 5 nitrogen and oxygen atoms in total. The van der Waals surface area contributed by atoms with Crippen LogP contribution in [0.15, 0.2) is 65.5 Å². The number of quaternary nitrogens is 1. The maximum absolute atomic E-state index is 13.4. The molecule has 5 rings (SSSR count). The van der Waals surface area contributed by atoms with Gasteiger partial charge in [-0.05, 0) is 48.4 Å². The van der Waals surface area contributed by atoms with Crippen molar-refractivity contribution in [2.24, 2.45) is 5.92 Å². The SMILES string of the molecule is CN(C)c1ccc(C[NH+]2C[C@@H]3C[C@H](C2)c2ccc(-c4cccc(C#N)c4)c(=O)n2C3)cc1. The van der Waals surface area contributed by atoms with E-state index in [4.69, 9.17) is 0 Å². The van der Waals surface area contributed by atoms with Crippen molar-refractivity contribution in [3.8, 4) is 17.2 Å². The van der Waals surface area contributed by atoms with Crippen LogP contribution in [-0.2, 0) is 13.1 Å². The predicted molar refractivity (Wildman–Crippen MR) is 127 cm³/mol. The largest absolute Gasteiger partial charge is 0.378 e. The van der Waals surface area contributed by atoms with E-state index in [2.05, 4.69) is 55.4 Å². The molecule has 162 valence electrons. The Labute approximate surface area is 189 Å². The quantitative estimate of drug-likeness (QED) is 0.699. The molecular weight excluding hydrogens is 396 g/mol. The van der Waals surface area contributed by atoms with Crippen LogP contribution in [0.25, 0.3) is 11.1 Å². The number of benzene rings is 2. The number of hydrogen-bond acceptors (Lipinski definition) is 3. The number of piperidine rings is 1. The lowest BCUT2D eigenvalue weighted by atomic mass is 9.82. The number of nitriles is 1. The predicted octanol–water partition coefficient (Wildman–Crippen LogP) is 2.66.